The minimum atomic E-state index is -0.473. The molecule has 1 heterocycles. The predicted octanol–water partition coefficient (Wildman–Crippen LogP) is 3.27. The summed E-state index contributed by atoms with van der Waals surface area (Å²) in [6, 6.07) is 13.4. The molecule has 0 saturated carbocycles. The van der Waals surface area contributed by atoms with E-state index in [-0.39, 0.29) is 17.4 Å². The van der Waals surface area contributed by atoms with E-state index in [2.05, 4.69) is 4.98 Å². The first-order chi connectivity index (χ1) is 10.1. The van der Waals surface area contributed by atoms with Gasteiger partial charge < -0.3 is 0 Å². The van der Waals surface area contributed by atoms with E-state index in [1.54, 1.807) is 36.4 Å². The first kappa shape index (κ1) is 13.0. The van der Waals surface area contributed by atoms with Gasteiger partial charge in [-0.2, -0.15) is 0 Å². The molecule has 6 heteroatoms. The van der Waals surface area contributed by atoms with Gasteiger partial charge in [0.1, 0.15) is 0 Å². The maximum Gasteiger partial charge on any atom is 0.280 e. The lowest BCUT2D eigenvalue weighted by Crippen LogP contribution is -2.08. The van der Waals surface area contributed by atoms with Gasteiger partial charge in [0.15, 0.2) is 5.82 Å². The third kappa shape index (κ3) is 2.06. The second-order valence-electron chi connectivity index (χ2n) is 4.55. The van der Waals surface area contributed by atoms with Crippen LogP contribution in [0.2, 0.25) is 0 Å². The first-order valence-corrected chi connectivity index (χ1v) is 6.32. The molecule has 0 aliphatic rings. The molecule has 1 aromatic heterocycles. The topological polar surface area (TPSA) is 78.0 Å². The van der Waals surface area contributed by atoms with Gasteiger partial charge in [0.2, 0.25) is 5.91 Å². The third-order valence-electron chi connectivity index (χ3n) is 3.22. The number of nitro groups is 1. The van der Waals surface area contributed by atoms with E-state index in [9.17, 15) is 14.9 Å². The fourth-order valence-electron chi connectivity index (χ4n) is 2.35. The number of aromatic nitrogens is 2. The molecule has 0 aliphatic carbocycles. The van der Waals surface area contributed by atoms with Crippen LogP contribution in [0.1, 0.15) is 11.7 Å². The molecular weight excluding hydrogens is 270 g/mol. The van der Waals surface area contributed by atoms with Gasteiger partial charge in [0.05, 0.1) is 21.5 Å². The minimum absolute atomic E-state index is 0.0738. The molecular formula is C15H11N3O3. The van der Waals surface area contributed by atoms with Gasteiger partial charge in [-0.15, -0.1) is 0 Å². The smallest absolute Gasteiger partial charge is 0.274 e. The van der Waals surface area contributed by atoms with Gasteiger partial charge in [-0.3, -0.25) is 19.5 Å². The molecule has 0 unspecified atom stereocenters. The van der Waals surface area contributed by atoms with Gasteiger partial charge in [0, 0.05) is 13.0 Å². The van der Waals surface area contributed by atoms with Gasteiger partial charge in [-0.05, 0) is 18.2 Å². The van der Waals surface area contributed by atoms with Crippen LogP contribution in [0.15, 0.2) is 48.5 Å². The lowest BCUT2D eigenvalue weighted by atomic mass is 10.1. The molecule has 104 valence electrons. The number of fused-ring (bicyclic) bond motifs is 1. The molecule has 0 saturated heterocycles. The van der Waals surface area contributed by atoms with Crippen LogP contribution in [-0.2, 0) is 0 Å². The number of carbonyl (C=O) groups is 1. The SMILES string of the molecule is CC(=O)n1c(-c2ccccc2[N+](=O)[O-])nc2ccccc21. The summed E-state index contributed by atoms with van der Waals surface area (Å²) >= 11 is 0. The summed E-state index contributed by atoms with van der Waals surface area (Å²) in [5.41, 5.74) is 1.52. The summed E-state index contributed by atoms with van der Waals surface area (Å²) < 4.78 is 1.40. The van der Waals surface area contributed by atoms with Crippen LogP contribution < -0.4 is 0 Å². The molecule has 0 fully saturated rings. The highest BCUT2D eigenvalue weighted by Crippen LogP contribution is 2.31. The number of nitrogens with zero attached hydrogens (tertiary/aromatic N) is 3. The van der Waals surface area contributed by atoms with Gasteiger partial charge in [0.25, 0.3) is 5.69 Å². The van der Waals surface area contributed by atoms with Crippen LogP contribution in [0.25, 0.3) is 22.4 Å². The summed E-state index contributed by atoms with van der Waals surface area (Å²) in [5, 5.41) is 11.2. The Bertz CT molecular complexity index is 867. The molecule has 0 radical (unpaired) electrons. The second kappa shape index (κ2) is 4.82. The fraction of sp³-hybridized carbons (Fsp3) is 0.0667. The highest BCUT2D eigenvalue weighted by molar-refractivity contribution is 5.94. The van der Waals surface area contributed by atoms with Crippen LogP contribution in [-0.4, -0.2) is 20.4 Å². The Hall–Kier alpha value is -3.02. The van der Waals surface area contributed by atoms with Crippen molar-refractivity contribution in [3.8, 4) is 11.4 Å². The van der Waals surface area contributed by atoms with E-state index in [0.717, 1.165) is 0 Å². The Morgan fingerprint density at radius 2 is 1.81 bits per heavy atom. The number of imidazole rings is 1. The zero-order chi connectivity index (χ0) is 15.0. The highest BCUT2D eigenvalue weighted by atomic mass is 16.6. The fourth-order valence-corrected chi connectivity index (χ4v) is 2.35. The highest BCUT2D eigenvalue weighted by Gasteiger charge is 2.22. The first-order valence-electron chi connectivity index (χ1n) is 6.32. The Balaban J connectivity index is 2.38. The summed E-state index contributed by atoms with van der Waals surface area (Å²) in [5.74, 6) is 0.0489. The number of hydrogen-bond donors (Lipinski definition) is 0. The van der Waals surface area contributed by atoms with E-state index in [4.69, 9.17) is 0 Å². The molecule has 6 nitrogen and oxygen atoms in total. The molecule has 3 rings (SSSR count). The molecule has 0 amide bonds. The number of hydrogen-bond acceptors (Lipinski definition) is 4. The zero-order valence-corrected chi connectivity index (χ0v) is 11.2. The number of rotatable bonds is 2. The monoisotopic (exact) mass is 281 g/mol. The molecule has 0 atom stereocenters. The summed E-state index contributed by atoms with van der Waals surface area (Å²) in [6.07, 6.45) is 0. The van der Waals surface area contributed by atoms with Crippen LogP contribution in [0, 0.1) is 10.1 Å². The van der Waals surface area contributed by atoms with Crippen molar-refractivity contribution in [2.75, 3.05) is 0 Å². The van der Waals surface area contributed by atoms with Crippen LogP contribution in [0.5, 0.6) is 0 Å². The number of carbonyl (C=O) groups excluding carboxylic acids is 1. The average molecular weight is 281 g/mol. The molecule has 0 N–H and O–H groups in total. The van der Waals surface area contributed by atoms with E-state index in [1.807, 2.05) is 6.07 Å². The standard InChI is InChI=1S/C15H11N3O3/c1-10(19)17-14-9-5-3-7-12(14)16-15(17)11-6-2-4-8-13(11)18(20)21/h2-9H,1H3. The number of nitro benzene ring substituents is 1. The van der Waals surface area contributed by atoms with Gasteiger partial charge >= 0.3 is 0 Å². The van der Waals surface area contributed by atoms with Crippen molar-refractivity contribution in [1.29, 1.82) is 0 Å². The molecule has 21 heavy (non-hydrogen) atoms. The maximum atomic E-state index is 11.9. The molecule has 3 aromatic rings. The Kier molecular flexibility index (Phi) is 2.98. The lowest BCUT2D eigenvalue weighted by Gasteiger charge is -2.05. The quantitative estimate of drug-likeness (QED) is 0.533. The van der Waals surface area contributed by atoms with Crippen molar-refractivity contribution in [3.05, 3.63) is 58.6 Å². The van der Waals surface area contributed by atoms with Crippen molar-refractivity contribution in [3.63, 3.8) is 0 Å². The molecule has 2 aromatic carbocycles. The second-order valence-corrected chi connectivity index (χ2v) is 4.55. The maximum absolute atomic E-state index is 11.9. The molecule has 0 spiro atoms. The lowest BCUT2D eigenvalue weighted by molar-refractivity contribution is -0.384. The van der Waals surface area contributed by atoms with E-state index >= 15 is 0 Å². The van der Waals surface area contributed by atoms with Crippen molar-refractivity contribution in [2.45, 2.75) is 6.92 Å². The van der Waals surface area contributed by atoms with Gasteiger partial charge in [-0.25, -0.2) is 4.98 Å². The van der Waals surface area contributed by atoms with Crippen molar-refractivity contribution < 1.29 is 9.72 Å². The van der Waals surface area contributed by atoms with Gasteiger partial charge in [-0.1, -0.05) is 24.3 Å². The predicted molar refractivity (Wildman–Crippen MR) is 78.1 cm³/mol. The van der Waals surface area contributed by atoms with Crippen LogP contribution in [0.3, 0.4) is 0 Å². The van der Waals surface area contributed by atoms with Crippen LogP contribution >= 0.6 is 0 Å². The summed E-state index contributed by atoms with van der Waals surface area (Å²) in [7, 11) is 0. The summed E-state index contributed by atoms with van der Waals surface area (Å²) in [4.78, 5) is 27.0. The Morgan fingerprint density at radius 1 is 1.14 bits per heavy atom. The molecule has 0 aliphatic heterocycles. The van der Waals surface area contributed by atoms with E-state index in [1.165, 1.54) is 17.6 Å². The number of benzene rings is 2. The van der Waals surface area contributed by atoms with E-state index < -0.39 is 4.92 Å². The average Bonchev–Trinajstić information content (AvgIpc) is 2.86. The normalized spacial score (nSPS) is 10.7. The largest absolute Gasteiger partial charge is 0.280 e. The van der Waals surface area contributed by atoms with Crippen molar-refractivity contribution >= 4 is 22.6 Å². The molecule has 0 bridgehead atoms. The Morgan fingerprint density at radius 3 is 2.52 bits per heavy atom. The Labute approximate surface area is 119 Å². The zero-order valence-electron chi connectivity index (χ0n) is 11.2. The minimum Gasteiger partial charge on any atom is -0.274 e. The van der Waals surface area contributed by atoms with Crippen molar-refractivity contribution in [2.24, 2.45) is 0 Å². The van der Waals surface area contributed by atoms with Crippen LogP contribution in [0.4, 0.5) is 5.69 Å². The number of para-hydroxylation sites is 3. The summed E-state index contributed by atoms with van der Waals surface area (Å²) in [6.45, 7) is 1.41. The van der Waals surface area contributed by atoms with E-state index in [0.29, 0.717) is 16.6 Å². The third-order valence-corrected chi connectivity index (χ3v) is 3.22. The van der Waals surface area contributed by atoms with Crippen molar-refractivity contribution in [1.82, 2.24) is 9.55 Å².